The van der Waals surface area contributed by atoms with Crippen LogP contribution in [0.15, 0.2) is 23.2 Å². The van der Waals surface area contributed by atoms with Crippen molar-refractivity contribution in [1.82, 2.24) is 9.47 Å². The summed E-state index contributed by atoms with van der Waals surface area (Å²) in [6, 6.07) is 3.74. The molecule has 1 aromatic heterocycles. The molecule has 0 atom stereocenters. The van der Waals surface area contributed by atoms with E-state index in [0.717, 1.165) is 28.9 Å². The van der Waals surface area contributed by atoms with Crippen molar-refractivity contribution in [3.05, 3.63) is 28.9 Å². The third kappa shape index (κ3) is 3.36. The van der Waals surface area contributed by atoms with E-state index in [1.807, 2.05) is 29.8 Å². The van der Waals surface area contributed by atoms with Gasteiger partial charge in [-0.3, -0.25) is 19.3 Å². The van der Waals surface area contributed by atoms with Crippen molar-refractivity contribution in [1.29, 1.82) is 0 Å². The van der Waals surface area contributed by atoms with Crippen molar-refractivity contribution in [2.75, 3.05) is 13.2 Å². The van der Waals surface area contributed by atoms with Crippen molar-refractivity contribution < 1.29 is 19.1 Å². The van der Waals surface area contributed by atoms with Gasteiger partial charge in [-0.15, -0.1) is 0 Å². The summed E-state index contributed by atoms with van der Waals surface area (Å²) >= 11 is 0.837. The number of imide groups is 1. The molecular weight excluding hydrogens is 292 g/mol. The van der Waals surface area contributed by atoms with Crippen molar-refractivity contribution in [2.45, 2.75) is 20.4 Å². The van der Waals surface area contributed by atoms with Crippen LogP contribution in [0.3, 0.4) is 0 Å². The van der Waals surface area contributed by atoms with E-state index < -0.39 is 17.1 Å². The van der Waals surface area contributed by atoms with Crippen LogP contribution in [0.5, 0.6) is 0 Å². The zero-order valence-electron chi connectivity index (χ0n) is 11.9. The van der Waals surface area contributed by atoms with Crippen LogP contribution in [0.1, 0.15) is 19.5 Å². The van der Waals surface area contributed by atoms with Crippen LogP contribution in [0, 0.1) is 0 Å². The quantitative estimate of drug-likeness (QED) is 0.615. The number of thioether (sulfide) groups is 1. The Balaban J connectivity index is 2.16. The molecule has 2 amide bonds. The van der Waals surface area contributed by atoms with Crippen molar-refractivity contribution >= 4 is 35.0 Å². The molecule has 1 aromatic rings. The lowest BCUT2D eigenvalue weighted by molar-refractivity contribution is -0.145. The fourth-order valence-electron chi connectivity index (χ4n) is 1.95. The second-order valence-corrected chi connectivity index (χ2v) is 5.29. The highest BCUT2D eigenvalue weighted by atomic mass is 32.2. The first-order valence-electron chi connectivity index (χ1n) is 6.63. The normalized spacial score (nSPS) is 16.9. The highest BCUT2D eigenvalue weighted by molar-refractivity contribution is 8.18. The number of nitrogens with zero attached hydrogens (tertiary/aromatic N) is 2. The molecule has 0 aromatic carbocycles. The molecule has 1 saturated heterocycles. The van der Waals surface area contributed by atoms with Gasteiger partial charge in [0.05, 0.1) is 11.5 Å². The summed E-state index contributed by atoms with van der Waals surface area (Å²) < 4.78 is 6.72. The summed E-state index contributed by atoms with van der Waals surface area (Å²) in [5.74, 6) is -1.04. The molecule has 1 aliphatic rings. The number of amides is 2. The van der Waals surface area contributed by atoms with Crippen LogP contribution < -0.4 is 0 Å². The van der Waals surface area contributed by atoms with Gasteiger partial charge in [0.1, 0.15) is 6.54 Å². The molecule has 2 rings (SSSR count). The SMILES string of the molecule is CCOC(=O)CN1C(=O)S/C(=C/c2cccn2CC)C1=O. The average molecular weight is 308 g/mol. The second kappa shape index (κ2) is 6.62. The molecule has 0 N–H and O–H groups in total. The molecule has 1 fully saturated rings. The van der Waals surface area contributed by atoms with E-state index >= 15 is 0 Å². The molecule has 0 aliphatic carbocycles. The standard InChI is InChI=1S/C14H16N2O4S/c1-3-15-7-5-6-10(15)8-11-13(18)16(14(19)21-11)9-12(17)20-4-2/h5-8H,3-4,9H2,1-2H3/b11-8+. The summed E-state index contributed by atoms with van der Waals surface area (Å²) in [6.07, 6.45) is 3.56. The number of aryl methyl sites for hydroxylation is 1. The van der Waals surface area contributed by atoms with E-state index in [1.165, 1.54) is 0 Å². The Labute approximate surface area is 126 Å². The number of esters is 1. The summed E-state index contributed by atoms with van der Waals surface area (Å²) in [5.41, 5.74) is 0.846. The maximum Gasteiger partial charge on any atom is 0.326 e. The summed E-state index contributed by atoms with van der Waals surface area (Å²) in [4.78, 5) is 36.7. The smallest absolute Gasteiger partial charge is 0.326 e. The number of rotatable bonds is 5. The molecular formula is C14H16N2O4S. The lowest BCUT2D eigenvalue weighted by Gasteiger charge is -2.10. The zero-order chi connectivity index (χ0) is 15.4. The van der Waals surface area contributed by atoms with E-state index in [-0.39, 0.29) is 13.2 Å². The predicted molar refractivity (Wildman–Crippen MR) is 79.4 cm³/mol. The van der Waals surface area contributed by atoms with Gasteiger partial charge < -0.3 is 9.30 Å². The minimum absolute atomic E-state index is 0.217. The van der Waals surface area contributed by atoms with Crippen LogP contribution in [0.4, 0.5) is 4.79 Å². The van der Waals surface area contributed by atoms with Crippen LogP contribution >= 0.6 is 11.8 Å². The molecule has 0 bridgehead atoms. The molecule has 0 radical (unpaired) electrons. The Morgan fingerprint density at radius 3 is 2.81 bits per heavy atom. The topological polar surface area (TPSA) is 68.6 Å². The number of hydrogen-bond donors (Lipinski definition) is 0. The summed E-state index contributed by atoms with van der Waals surface area (Å²) in [6.45, 7) is 4.30. The number of aromatic nitrogens is 1. The minimum Gasteiger partial charge on any atom is -0.465 e. The largest absolute Gasteiger partial charge is 0.465 e. The lowest BCUT2D eigenvalue weighted by atomic mass is 10.3. The van der Waals surface area contributed by atoms with Gasteiger partial charge in [0.2, 0.25) is 0 Å². The second-order valence-electron chi connectivity index (χ2n) is 4.29. The molecule has 0 saturated carbocycles. The van der Waals surface area contributed by atoms with E-state index in [1.54, 1.807) is 13.0 Å². The number of carbonyl (C=O) groups excluding carboxylic acids is 3. The van der Waals surface area contributed by atoms with Gasteiger partial charge in [-0.1, -0.05) is 0 Å². The first-order valence-corrected chi connectivity index (χ1v) is 7.44. The van der Waals surface area contributed by atoms with Gasteiger partial charge in [0.15, 0.2) is 0 Å². The first-order chi connectivity index (χ1) is 10.1. The van der Waals surface area contributed by atoms with Crippen molar-refractivity contribution in [2.24, 2.45) is 0 Å². The first kappa shape index (κ1) is 15.4. The Kier molecular flexibility index (Phi) is 4.85. The third-order valence-corrected chi connectivity index (χ3v) is 3.86. The number of hydrogen-bond acceptors (Lipinski definition) is 5. The highest BCUT2D eigenvalue weighted by Crippen LogP contribution is 2.32. The van der Waals surface area contributed by atoms with E-state index in [0.29, 0.717) is 4.91 Å². The molecule has 2 heterocycles. The van der Waals surface area contributed by atoms with Crippen LogP contribution in [0.2, 0.25) is 0 Å². The average Bonchev–Trinajstić information content (AvgIpc) is 2.99. The third-order valence-electron chi connectivity index (χ3n) is 2.95. The van der Waals surface area contributed by atoms with Gasteiger partial charge >= 0.3 is 5.97 Å². The van der Waals surface area contributed by atoms with Gasteiger partial charge in [-0.2, -0.15) is 0 Å². The Hall–Kier alpha value is -2.02. The van der Waals surface area contributed by atoms with Gasteiger partial charge in [0, 0.05) is 18.4 Å². The summed E-state index contributed by atoms with van der Waals surface area (Å²) in [5, 5.41) is -0.450. The zero-order valence-corrected chi connectivity index (χ0v) is 12.7. The molecule has 7 heteroatoms. The van der Waals surface area contributed by atoms with Gasteiger partial charge in [-0.25, -0.2) is 0 Å². The maximum atomic E-state index is 12.2. The van der Waals surface area contributed by atoms with Crippen molar-refractivity contribution in [3.63, 3.8) is 0 Å². The monoisotopic (exact) mass is 308 g/mol. The molecule has 0 unspecified atom stereocenters. The lowest BCUT2D eigenvalue weighted by Crippen LogP contribution is -2.34. The maximum absolute atomic E-state index is 12.2. The van der Waals surface area contributed by atoms with Gasteiger partial charge in [-0.05, 0) is 43.8 Å². The van der Waals surface area contributed by atoms with E-state index in [4.69, 9.17) is 4.74 Å². The summed E-state index contributed by atoms with van der Waals surface area (Å²) in [7, 11) is 0. The molecule has 1 aliphatic heterocycles. The Morgan fingerprint density at radius 2 is 2.14 bits per heavy atom. The number of carbonyl (C=O) groups is 3. The molecule has 6 nitrogen and oxygen atoms in total. The highest BCUT2D eigenvalue weighted by Gasteiger charge is 2.36. The Morgan fingerprint density at radius 1 is 1.38 bits per heavy atom. The minimum atomic E-state index is -0.585. The fourth-order valence-corrected chi connectivity index (χ4v) is 2.78. The fraction of sp³-hybridized carbons (Fsp3) is 0.357. The molecule has 0 spiro atoms. The predicted octanol–water partition coefficient (Wildman–Crippen LogP) is 2.11. The van der Waals surface area contributed by atoms with E-state index in [2.05, 4.69) is 0 Å². The van der Waals surface area contributed by atoms with Crippen molar-refractivity contribution in [3.8, 4) is 0 Å². The number of ether oxygens (including phenoxy) is 1. The molecule has 112 valence electrons. The Bertz CT molecular complexity index is 606. The van der Waals surface area contributed by atoms with Crippen LogP contribution in [-0.4, -0.2) is 39.7 Å². The molecule has 21 heavy (non-hydrogen) atoms. The van der Waals surface area contributed by atoms with E-state index in [9.17, 15) is 14.4 Å². The van der Waals surface area contributed by atoms with Crippen LogP contribution in [0.25, 0.3) is 6.08 Å². The van der Waals surface area contributed by atoms with Gasteiger partial charge in [0.25, 0.3) is 11.1 Å². The van der Waals surface area contributed by atoms with Crippen LogP contribution in [-0.2, 0) is 20.9 Å².